The highest BCUT2D eigenvalue weighted by Gasteiger charge is 2.61. The van der Waals surface area contributed by atoms with Crippen LogP contribution in [0.25, 0.3) is 10.8 Å². The van der Waals surface area contributed by atoms with Crippen molar-refractivity contribution in [3.05, 3.63) is 48.7 Å². The molecule has 2 aliphatic carbocycles. The molecular weight excluding hydrogens is 648 g/mol. The van der Waals surface area contributed by atoms with Crippen LogP contribution >= 0.6 is 0 Å². The molecule has 0 radical (unpaired) electrons. The van der Waals surface area contributed by atoms with Crippen LogP contribution < -0.4 is 14.8 Å². The van der Waals surface area contributed by atoms with E-state index in [-0.39, 0.29) is 38.3 Å². The van der Waals surface area contributed by atoms with Crippen molar-refractivity contribution in [3.8, 4) is 5.88 Å². The lowest BCUT2D eigenvalue weighted by Gasteiger charge is -2.35. The predicted molar refractivity (Wildman–Crippen MR) is 182 cm³/mol. The number of ether oxygens (including phenoxy) is 2. The van der Waals surface area contributed by atoms with Crippen molar-refractivity contribution in [1.82, 2.24) is 19.9 Å². The van der Waals surface area contributed by atoms with Gasteiger partial charge in [-0.1, -0.05) is 39.0 Å². The molecule has 6 rings (SSSR count). The number of carbonyl (C=O) groups is 4. The molecule has 1 aromatic heterocycles. The average Bonchev–Trinajstić information content (AvgIpc) is 3.97. The van der Waals surface area contributed by atoms with Gasteiger partial charge in [-0.05, 0) is 79.4 Å². The van der Waals surface area contributed by atoms with E-state index in [9.17, 15) is 27.6 Å². The third-order valence-corrected chi connectivity index (χ3v) is 12.1. The summed E-state index contributed by atoms with van der Waals surface area (Å²) in [5, 5.41) is 3.93. The van der Waals surface area contributed by atoms with E-state index in [0.29, 0.717) is 25.1 Å². The molecule has 12 nitrogen and oxygen atoms in total. The fourth-order valence-corrected chi connectivity index (χ4v) is 8.47. The van der Waals surface area contributed by atoms with Gasteiger partial charge in [0.2, 0.25) is 27.7 Å². The molecule has 264 valence electrons. The molecule has 5 atom stereocenters. The van der Waals surface area contributed by atoms with Gasteiger partial charge in [-0.2, -0.15) is 0 Å². The van der Waals surface area contributed by atoms with Crippen LogP contribution in [0.15, 0.2) is 43.1 Å². The Labute approximate surface area is 287 Å². The summed E-state index contributed by atoms with van der Waals surface area (Å²) in [4.78, 5) is 61.1. The highest BCUT2D eigenvalue weighted by molar-refractivity contribution is 7.90. The SMILES string of the molecule is C=C[C@H]1C[C@]1(CC(=O)[C@@H]1C[C@@H]2CN1C(=O)[C@H](C(C)(C)C)NC(=O)OCCCCCc1ccc3ccnc(c3c1)O2)C(=O)NS(=O)(=O)C1CC1. The summed E-state index contributed by atoms with van der Waals surface area (Å²) in [5.74, 6) is -1.58. The number of aryl methyl sites for hydroxylation is 1. The van der Waals surface area contributed by atoms with E-state index < -0.39 is 68.0 Å². The first kappa shape index (κ1) is 34.8. The van der Waals surface area contributed by atoms with Gasteiger partial charge in [0.1, 0.15) is 12.1 Å². The van der Waals surface area contributed by atoms with E-state index in [2.05, 4.69) is 33.7 Å². The number of ketones is 1. The van der Waals surface area contributed by atoms with Crippen molar-refractivity contribution < 1.29 is 37.1 Å². The van der Waals surface area contributed by atoms with Crippen molar-refractivity contribution in [1.29, 1.82) is 0 Å². The number of hydrogen-bond donors (Lipinski definition) is 2. The predicted octanol–water partition coefficient (Wildman–Crippen LogP) is 4.21. The zero-order valence-electron chi connectivity index (χ0n) is 28.4. The minimum absolute atomic E-state index is 0.0381. The Morgan fingerprint density at radius 2 is 1.94 bits per heavy atom. The molecule has 4 aliphatic rings. The maximum Gasteiger partial charge on any atom is 0.407 e. The van der Waals surface area contributed by atoms with Crippen LogP contribution in [0.5, 0.6) is 5.88 Å². The Bertz CT molecular complexity index is 1770. The maximum absolute atomic E-state index is 14.4. The molecule has 49 heavy (non-hydrogen) atoms. The van der Waals surface area contributed by atoms with E-state index >= 15 is 0 Å². The molecule has 1 aromatic carbocycles. The molecule has 1 saturated heterocycles. The van der Waals surface area contributed by atoms with E-state index in [4.69, 9.17) is 9.47 Å². The van der Waals surface area contributed by atoms with Gasteiger partial charge in [0.25, 0.3) is 0 Å². The van der Waals surface area contributed by atoms with Crippen LogP contribution in [0, 0.1) is 16.7 Å². The fraction of sp³-hybridized carbons (Fsp3) is 0.583. The normalized spacial score (nSPS) is 28.1. The number of carbonyl (C=O) groups excluding carboxylic acids is 4. The number of aromatic nitrogens is 1. The standard InChI is InChI=1S/C36H46N4O8S/c1-5-24-19-36(24,33(43)39-49(45,46)26-12-13-26)20-29(41)28-18-25-21-40(28)32(42)30(35(2,3)4)38-34(44)47-16-8-6-7-9-22-10-11-23-14-15-37-31(48-25)27(23)17-22/h5,10-11,14-15,17,24-26,28,30H,1,6-9,12-13,16,18-21H2,2-4H3,(H,38,44)(H,39,43)/t24-,25+,28-,30+,36+/m0/s1. The second kappa shape index (κ2) is 13.4. The average molecular weight is 695 g/mol. The van der Waals surface area contributed by atoms with E-state index in [1.165, 1.54) is 4.90 Å². The number of nitrogens with one attached hydrogen (secondary N) is 2. The number of pyridine rings is 1. The number of fused-ring (bicyclic) bond motifs is 3. The van der Waals surface area contributed by atoms with Gasteiger partial charge >= 0.3 is 6.09 Å². The maximum atomic E-state index is 14.4. The van der Waals surface area contributed by atoms with Gasteiger partial charge < -0.3 is 19.7 Å². The highest BCUT2D eigenvalue weighted by Crippen LogP contribution is 2.57. The summed E-state index contributed by atoms with van der Waals surface area (Å²) in [6.07, 6.45) is 6.24. The Hall–Kier alpha value is -4.00. The van der Waals surface area contributed by atoms with E-state index in [0.717, 1.165) is 35.6 Å². The van der Waals surface area contributed by atoms with Crippen molar-refractivity contribution in [2.45, 2.75) is 102 Å². The fourth-order valence-electron chi connectivity index (χ4n) is 7.08. The van der Waals surface area contributed by atoms with Gasteiger partial charge in [0, 0.05) is 24.4 Å². The molecule has 0 spiro atoms. The summed E-state index contributed by atoms with van der Waals surface area (Å²) in [7, 11) is -3.84. The largest absolute Gasteiger partial charge is 0.472 e. The lowest BCUT2D eigenvalue weighted by atomic mass is 9.85. The van der Waals surface area contributed by atoms with Gasteiger partial charge in [-0.25, -0.2) is 18.2 Å². The lowest BCUT2D eigenvalue weighted by molar-refractivity contribution is -0.142. The number of nitrogens with zero attached hydrogens (tertiary/aromatic N) is 2. The van der Waals surface area contributed by atoms with Gasteiger partial charge in [-0.3, -0.25) is 19.1 Å². The zero-order valence-corrected chi connectivity index (χ0v) is 29.2. The van der Waals surface area contributed by atoms with Crippen molar-refractivity contribution >= 4 is 44.5 Å². The van der Waals surface area contributed by atoms with Crippen LogP contribution in [0.4, 0.5) is 4.79 Å². The van der Waals surface area contributed by atoms with Gasteiger partial charge in [0.05, 0.1) is 29.9 Å². The molecule has 3 heterocycles. The highest BCUT2D eigenvalue weighted by atomic mass is 32.2. The smallest absolute Gasteiger partial charge is 0.407 e. The number of hydrogen-bond acceptors (Lipinski definition) is 9. The van der Waals surface area contributed by atoms with Crippen molar-refractivity contribution in [2.75, 3.05) is 13.2 Å². The zero-order chi connectivity index (χ0) is 35.1. The van der Waals surface area contributed by atoms with Crippen LogP contribution in [-0.2, 0) is 35.6 Å². The first-order valence-electron chi connectivity index (χ1n) is 17.2. The van der Waals surface area contributed by atoms with Crippen LogP contribution in [-0.4, -0.2) is 78.6 Å². The molecule has 2 saturated carbocycles. The number of allylic oxidation sites excluding steroid dienone is 1. The molecule has 13 heteroatoms. The summed E-state index contributed by atoms with van der Waals surface area (Å²) in [6.45, 7) is 9.50. The number of rotatable bonds is 7. The van der Waals surface area contributed by atoms with Crippen LogP contribution in [0.1, 0.15) is 77.7 Å². The molecule has 2 N–H and O–H groups in total. The monoisotopic (exact) mass is 694 g/mol. The van der Waals surface area contributed by atoms with E-state index in [1.54, 1.807) is 12.3 Å². The minimum atomic E-state index is -3.84. The molecule has 3 fully saturated rings. The summed E-state index contributed by atoms with van der Waals surface area (Å²) in [6, 6.07) is 6.03. The van der Waals surface area contributed by atoms with Crippen molar-refractivity contribution in [2.24, 2.45) is 16.7 Å². The Balaban J connectivity index is 1.32. The van der Waals surface area contributed by atoms with Crippen molar-refractivity contribution in [3.63, 3.8) is 0 Å². The number of alkyl carbamates (subject to hydrolysis) is 1. The number of Topliss-reactive ketones (excluding diaryl/α,β-unsaturated/α-hetero) is 1. The summed E-state index contributed by atoms with van der Waals surface area (Å²) < 4.78 is 39.5. The Morgan fingerprint density at radius 1 is 1.16 bits per heavy atom. The third kappa shape index (κ3) is 7.46. The molecule has 2 aliphatic heterocycles. The van der Waals surface area contributed by atoms with Gasteiger partial charge in [-0.15, -0.1) is 6.58 Å². The number of benzene rings is 1. The number of cyclic esters (lactones) is 1. The minimum Gasteiger partial charge on any atom is -0.472 e. The molecule has 0 unspecified atom stereocenters. The Kier molecular flexibility index (Phi) is 9.51. The quantitative estimate of drug-likeness (QED) is 0.405. The van der Waals surface area contributed by atoms with Gasteiger partial charge in [0.15, 0.2) is 5.78 Å². The molecule has 3 amide bonds. The van der Waals surface area contributed by atoms with Crippen LogP contribution in [0.3, 0.4) is 0 Å². The second-order valence-electron chi connectivity index (χ2n) is 15.1. The Morgan fingerprint density at radius 3 is 2.63 bits per heavy atom. The molecule has 2 aromatic rings. The van der Waals surface area contributed by atoms with Crippen LogP contribution in [0.2, 0.25) is 0 Å². The topological polar surface area (TPSA) is 161 Å². The first-order chi connectivity index (χ1) is 23.2. The molecular formula is C36H46N4O8S. The lowest BCUT2D eigenvalue weighted by Crippen LogP contribution is -2.57. The number of sulfonamides is 1. The second-order valence-corrected chi connectivity index (χ2v) is 17.0. The first-order valence-corrected chi connectivity index (χ1v) is 18.8. The summed E-state index contributed by atoms with van der Waals surface area (Å²) in [5.41, 5.74) is -0.914. The summed E-state index contributed by atoms with van der Waals surface area (Å²) >= 11 is 0. The van der Waals surface area contributed by atoms with E-state index in [1.807, 2.05) is 32.9 Å². The number of amides is 3. The third-order valence-electron chi connectivity index (χ3n) is 10.3. The molecule has 4 bridgehead atoms.